The lowest BCUT2D eigenvalue weighted by Crippen LogP contribution is -2.50. The Morgan fingerprint density at radius 1 is 1.27 bits per heavy atom. The number of hydrogen-bond donors (Lipinski definition) is 1. The molecule has 0 aromatic carbocycles. The first kappa shape index (κ1) is 18.4. The van der Waals surface area contributed by atoms with E-state index >= 15 is 0 Å². The Morgan fingerprint density at radius 2 is 1.96 bits per heavy atom. The summed E-state index contributed by atoms with van der Waals surface area (Å²) < 4.78 is 6.42. The predicted molar refractivity (Wildman–Crippen MR) is 95.2 cm³/mol. The summed E-state index contributed by atoms with van der Waals surface area (Å²) in [6, 6.07) is 1.66. The summed E-state index contributed by atoms with van der Waals surface area (Å²) in [6.45, 7) is 6.03. The highest BCUT2D eigenvalue weighted by molar-refractivity contribution is 6.33. The Hall–Kier alpha value is -2.39. The van der Waals surface area contributed by atoms with Crippen molar-refractivity contribution in [3.05, 3.63) is 28.2 Å². The summed E-state index contributed by atoms with van der Waals surface area (Å²) in [7, 11) is 1.71. The second-order valence-corrected chi connectivity index (χ2v) is 6.67. The number of carbonyl (C=O) groups is 2. The van der Waals surface area contributed by atoms with E-state index in [0.29, 0.717) is 54.2 Å². The van der Waals surface area contributed by atoms with Gasteiger partial charge in [-0.1, -0.05) is 16.8 Å². The van der Waals surface area contributed by atoms with E-state index in [-0.39, 0.29) is 18.4 Å². The fraction of sp³-hybridized carbons (Fsp3) is 0.500. The van der Waals surface area contributed by atoms with Gasteiger partial charge in [0.1, 0.15) is 10.9 Å². The third kappa shape index (κ3) is 3.88. The molecule has 0 unspecified atom stereocenters. The topological polar surface area (TPSA) is 96.5 Å². The number of piperazine rings is 1. The number of nitrogens with one attached hydrogen (secondary N) is 1. The van der Waals surface area contributed by atoms with Crippen molar-refractivity contribution in [3.8, 4) is 0 Å². The Labute approximate surface area is 155 Å². The van der Waals surface area contributed by atoms with E-state index < -0.39 is 0 Å². The first-order valence-electron chi connectivity index (χ1n) is 8.29. The zero-order valence-electron chi connectivity index (χ0n) is 15.0. The molecule has 26 heavy (non-hydrogen) atoms. The maximum absolute atomic E-state index is 12.7. The molecule has 3 rings (SSSR count). The van der Waals surface area contributed by atoms with Crippen LogP contribution in [0, 0.1) is 13.8 Å². The van der Waals surface area contributed by atoms with Gasteiger partial charge in [0.05, 0.1) is 17.8 Å². The lowest BCUT2D eigenvalue weighted by atomic mass is 10.2. The number of carbonyl (C=O) groups excluding carboxylic acids is 2. The van der Waals surface area contributed by atoms with Gasteiger partial charge >= 0.3 is 0 Å². The van der Waals surface area contributed by atoms with Crippen molar-refractivity contribution in [2.75, 3.05) is 38.0 Å². The summed E-state index contributed by atoms with van der Waals surface area (Å²) in [5, 5.41) is 11.0. The van der Waals surface area contributed by atoms with Crippen LogP contribution in [-0.2, 0) is 11.8 Å². The van der Waals surface area contributed by atoms with E-state index in [1.165, 1.54) is 4.68 Å². The minimum Gasteiger partial charge on any atom is -0.360 e. The number of anilines is 1. The molecule has 9 nitrogen and oxygen atoms in total. The van der Waals surface area contributed by atoms with Crippen LogP contribution in [0.4, 0.5) is 5.82 Å². The monoisotopic (exact) mass is 380 g/mol. The molecule has 140 valence electrons. The zero-order chi connectivity index (χ0) is 18.8. The third-order valence-electron chi connectivity index (χ3n) is 4.29. The first-order chi connectivity index (χ1) is 12.3. The fourth-order valence-corrected chi connectivity index (χ4v) is 3.21. The number of aryl methyl sites for hydroxylation is 3. The fourth-order valence-electron chi connectivity index (χ4n) is 2.95. The van der Waals surface area contributed by atoms with E-state index in [4.69, 9.17) is 16.1 Å². The second-order valence-electron chi connectivity index (χ2n) is 6.31. The van der Waals surface area contributed by atoms with Crippen LogP contribution >= 0.6 is 11.6 Å². The van der Waals surface area contributed by atoms with Crippen molar-refractivity contribution >= 4 is 29.2 Å². The van der Waals surface area contributed by atoms with Gasteiger partial charge in [-0.25, -0.2) is 0 Å². The van der Waals surface area contributed by atoms with Gasteiger partial charge in [0, 0.05) is 39.3 Å². The Bertz CT molecular complexity index is 822. The summed E-state index contributed by atoms with van der Waals surface area (Å²) in [4.78, 5) is 28.5. The van der Waals surface area contributed by atoms with Gasteiger partial charge in [-0.15, -0.1) is 0 Å². The summed E-state index contributed by atoms with van der Waals surface area (Å²) in [5.74, 6) is 0.756. The van der Waals surface area contributed by atoms with Crippen molar-refractivity contribution < 1.29 is 14.1 Å². The molecule has 0 atom stereocenters. The van der Waals surface area contributed by atoms with Gasteiger partial charge in [0.25, 0.3) is 5.91 Å². The second kappa shape index (κ2) is 7.46. The van der Waals surface area contributed by atoms with Crippen molar-refractivity contribution in [2.24, 2.45) is 7.05 Å². The first-order valence-corrected chi connectivity index (χ1v) is 8.67. The van der Waals surface area contributed by atoms with Crippen LogP contribution in [0.25, 0.3) is 0 Å². The van der Waals surface area contributed by atoms with Crippen LogP contribution < -0.4 is 5.32 Å². The predicted octanol–water partition coefficient (Wildman–Crippen LogP) is 1.07. The third-order valence-corrected chi connectivity index (χ3v) is 4.72. The van der Waals surface area contributed by atoms with E-state index in [9.17, 15) is 9.59 Å². The van der Waals surface area contributed by atoms with Crippen molar-refractivity contribution in [3.63, 3.8) is 0 Å². The Morgan fingerprint density at radius 3 is 2.50 bits per heavy atom. The Kier molecular flexibility index (Phi) is 5.28. The van der Waals surface area contributed by atoms with Gasteiger partial charge in [0.15, 0.2) is 5.82 Å². The molecular weight excluding hydrogens is 360 g/mol. The van der Waals surface area contributed by atoms with E-state index in [1.54, 1.807) is 31.9 Å². The van der Waals surface area contributed by atoms with Gasteiger partial charge in [-0.05, 0) is 13.8 Å². The molecule has 1 fully saturated rings. The minimum absolute atomic E-state index is 0.122. The van der Waals surface area contributed by atoms with Crippen LogP contribution in [0.1, 0.15) is 21.8 Å². The molecule has 10 heteroatoms. The summed E-state index contributed by atoms with van der Waals surface area (Å²) in [6.07, 6.45) is 0. The lowest BCUT2D eigenvalue weighted by Gasteiger charge is -2.34. The molecule has 1 N–H and O–H groups in total. The van der Waals surface area contributed by atoms with E-state index in [2.05, 4.69) is 15.6 Å². The quantitative estimate of drug-likeness (QED) is 0.852. The zero-order valence-corrected chi connectivity index (χ0v) is 15.7. The number of amides is 2. The molecule has 1 aliphatic heterocycles. The molecule has 0 radical (unpaired) electrons. The van der Waals surface area contributed by atoms with Crippen molar-refractivity contribution in [1.29, 1.82) is 0 Å². The lowest BCUT2D eigenvalue weighted by molar-refractivity contribution is -0.117. The minimum atomic E-state index is -0.163. The average molecular weight is 381 g/mol. The number of nitrogens with zero attached hydrogens (tertiary/aromatic N) is 5. The van der Waals surface area contributed by atoms with Crippen LogP contribution in [0.5, 0.6) is 0 Å². The van der Waals surface area contributed by atoms with Gasteiger partial charge in [-0.3, -0.25) is 19.2 Å². The number of aromatic nitrogens is 3. The highest BCUT2D eigenvalue weighted by atomic mass is 35.5. The molecule has 2 amide bonds. The van der Waals surface area contributed by atoms with Crippen LogP contribution in [0.2, 0.25) is 5.15 Å². The van der Waals surface area contributed by atoms with Gasteiger partial charge in [-0.2, -0.15) is 5.10 Å². The normalized spacial score (nSPS) is 15.3. The summed E-state index contributed by atoms with van der Waals surface area (Å²) >= 11 is 6.18. The van der Waals surface area contributed by atoms with Crippen LogP contribution in [-0.4, -0.2) is 69.3 Å². The van der Waals surface area contributed by atoms with Crippen molar-refractivity contribution in [2.45, 2.75) is 13.8 Å². The highest BCUT2D eigenvalue weighted by Crippen LogP contribution is 2.21. The molecule has 0 bridgehead atoms. The van der Waals surface area contributed by atoms with Gasteiger partial charge in [0.2, 0.25) is 5.91 Å². The highest BCUT2D eigenvalue weighted by Gasteiger charge is 2.27. The summed E-state index contributed by atoms with van der Waals surface area (Å²) in [5.41, 5.74) is 1.06. The maximum atomic E-state index is 12.7. The van der Waals surface area contributed by atoms with Gasteiger partial charge < -0.3 is 14.7 Å². The molecule has 0 spiro atoms. The smallest absolute Gasteiger partial charge is 0.258 e. The van der Waals surface area contributed by atoms with Crippen LogP contribution in [0.3, 0.4) is 0 Å². The number of rotatable bonds is 4. The van der Waals surface area contributed by atoms with Crippen molar-refractivity contribution in [1.82, 2.24) is 24.7 Å². The molecule has 3 heterocycles. The van der Waals surface area contributed by atoms with E-state index in [0.717, 1.165) is 0 Å². The molecule has 1 saturated heterocycles. The molecule has 2 aromatic heterocycles. The SMILES string of the molecule is Cc1cc(NC(=O)CN2CCN(C(=O)c3c(C)nn(C)c3Cl)CC2)no1. The molecule has 0 aliphatic carbocycles. The van der Waals surface area contributed by atoms with Crippen LogP contribution in [0.15, 0.2) is 10.6 Å². The average Bonchev–Trinajstić information content (AvgIpc) is 3.10. The molecular formula is C16H21ClN6O3. The van der Waals surface area contributed by atoms with E-state index in [1.807, 2.05) is 4.90 Å². The molecule has 0 saturated carbocycles. The molecule has 1 aliphatic rings. The Balaban J connectivity index is 1.52. The maximum Gasteiger partial charge on any atom is 0.258 e. The standard InChI is InChI=1S/C16H21ClN6O3/c1-10-8-12(20-26-10)18-13(24)9-22-4-6-23(7-5-22)16(25)14-11(2)19-21(3)15(14)17/h8H,4-7,9H2,1-3H3,(H,18,20,24). The number of halogens is 1. The number of hydrogen-bond acceptors (Lipinski definition) is 6. The molecule has 2 aromatic rings. The largest absolute Gasteiger partial charge is 0.360 e.